The fourth-order valence-electron chi connectivity index (χ4n) is 1.76. The molecule has 0 fully saturated rings. The summed E-state index contributed by atoms with van der Waals surface area (Å²) in [6.45, 7) is 3.80. The second-order valence-corrected chi connectivity index (χ2v) is 3.73. The topological polar surface area (TPSA) is 70.1 Å². The first-order valence-corrected chi connectivity index (χ1v) is 5.45. The highest BCUT2D eigenvalue weighted by molar-refractivity contribution is 5.92. The summed E-state index contributed by atoms with van der Waals surface area (Å²) in [5.74, 6) is 3.01. The van der Waals surface area contributed by atoms with E-state index in [9.17, 15) is 4.79 Å². The summed E-state index contributed by atoms with van der Waals surface area (Å²) < 4.78 is 6.32. The first-order chi connectivity index (χ1) is 8.06. The molecule has 0 saturated carbocycles. The van der Waals surface area contributed by atoms with Crippen molar-refractivity contribution in [2.75, 3.05) is 12.8 Å². The van der Waals surface area contributed by atoms with Gasteiger partial charge in [0.25, 0.3) is 0 Å². The maximum Gasteiger partial charge on any atom is 0.360 e. The minimum atomic E-state index is -0.545. The average molecular weight is 235 g/mol. The van der Waals surface area contributed by atoms with E-state index in [-0.39, 0.29) is 17.6 Å². The Morgan fingerprint density at radius 1 is 1.71 bits per heavy atom. The lowest BCUT2D eigenvalue weighted by Crippen LogP contribution is -2.13. The molecule has 17 heavy (non-hydrogen) atoms. The van der Waals surface area contributed by atoms with Crippen molar-refractivity contribution in [1.82, 2.24) is 9.55 Å². The lowest BCUT2D eigenvalue weighted by Gasteiger charge is -2.14. The van der Waals surface area contributed by atoms with E-state index in [4.69, 9.17) is 12.2 Å². The molecule has 1 unspecified atom stereocenters. The molecule has 0 bridgehead atoms. The number of hydrogen-bond donors (Lipinski definition) is 1. The molecule has 5 nitrogen and oxygen atoms in total. The van der Waals surface area contributed by atoms with Gasteiger partial charge in [-0.3, -0.25) is 0 Å². The summed E-state index contributed by atoms with van der Waals surface area (Å²) in [5.41, 5.74) is 6.02. The number of terminal acetylenes is 1. The van der Waals surface area contributed by atoms with Crippen LogP contribution in [-0.4, -0.2) is 22.6 Å². The predicted molar refractivity (Wildman–Crippen MR) is 65.5 cm³/mol. The van der Waals surface area contributed by atoms with Crippen molar-refractivity contribution in [3.63, 3.8) is 0 Å². The number of esters is 1. The van der Waals surface area contributed by atoms with Crippen LogP contribution in [0.4, 0.5) is 5.82 Å². The highest BCUT2D eigenvalue weighted by Crippen LogP contribution is 2.23. The molecule has 1 rings (SSSR count). The normalized spacial score (nSPS) is 11.9. The first-order valence-electron chi connectivity index (χ1n) is 5.45. The molecule has 0 aromatic carbocycles. The molecule has 5 heteroatoms. The molecule has 2 N–H and O–H groups in total. The number of anilines is 1. The number of aromatic nitrogens is 2. The highest BCUT2D eigenvalue weighted by Gasteiger charge is 2.22. The summed E-state index contributed by atoms with van der Waals surface area (Å²) in [4.78, 5) is 15.5. The van der Waals surface area contributed by atoms with Gasteiger partial charge in [-0.25, -0.2) is 9.78 Å². The number of methoxy groups -OCH3 is 1. The van der Waals surface area contributed by atoms with Crippen molar-refractivity contribution >= 4 is 11.8 Å². The van der Waals surface area contributed by atoms with E-state index in [1.165, 1.54) is 7.11 Å². The van der Waals surface area contributed by atoms with E-state index in [0.29, 0.717) is 5.82 Å². The molecule has 1 atom stereocenters. The van der Waals surface area contributed by atoms with Crippen molar-refractivity contribution in [3.05, 3.63) is 11.5 Å². The van der Waals surface area contributed by atoms with Crippen LogP contribution in [0, 0.1) is 19.3 Å². The Hall–Kier alpha value is -1.96. The van der Waals surface area contributed by atoms with Crippen molar-refractivity contribution in [2.24, 2.45) is 0 Å². The van der Waals surface area contributed by atoms with Crippen LogP contribution in [0.3, 0.4) is 0 Å². The van der Waals surface area contributed by atoms with Gasteiger partial charge in [-0.05, 0) is 13.3 Å². The van der Waals surface area contributed by atoms with Gasteiger partial charge in [-0.2, -0.15) is 0 Å². The summed E-state index contributed by atoms with van der Waals surface area (Å²) >= 11 is 0. The SMILES string of the molecule is C#CC(CCC)n1c(C)nc(C(=O)OC)c1N. The average Bonchev–Trinajstić information content (AvgIpc) is 2.61. The Balaban J connectivity index is 3.22. The monoisotopic (exact) mass is 235 g/mol. The molecular weight excluding hydrogens is 218 g/mol. The van der Waals surface area contributed by atoms with Gasteiger partial charge < -0.3 is 15.0 Å². The smallest absolute Gasteiger partial charge is 0.360 e. The van der Waals surface area contributed by atoms with Gasteiger partial charge in [0.05, 0.1) is 13.2 Å². The number of nitrogen functional groups attached to an aromatic ring is 1. The van der Waals surface area contributed by atoms with Crippen LogP contribution in [0.15, 0.2) is 0 Å². The van der Waals surface area contributed by atoms with Gasteiger partial charge in [0, 0.05) is 0 Å². The van der Waals surface area contributed by atoms with Crippen LogP contribution in [0.1, 0.15) is 42.1 Å². The van der Waals surface area contributed by atoms with E-state index in [2.05, 4.69) is 15.6 Å². The molecule has 0 aliphatic heterocycles. The van der Waals surface area contributed by atoms with Crippen LogP contribution in [0.2, 0.25) is 0 Å². The van der Waals surface area contributed by atoms with Crippen molar-refractivity contribution in [3.8, 4) is 12.3 Å². The minimum Gasteiger partial charge on any atom is -0.464 e. The second-order valence-electron chi connectivity index (χ2n) is 3.73. The zero-order chi connectivity index (χ0) is 13.0. The summed E-state index contributed by atoms with van der Waals surface area (Å²) in [5, 5.41) is 0. The lowest BCUT2D eigenvalue weighted by atomic mass is 10.1. The molecule has 0 radical (unpaired) electrons. The maximum absolute atomic E-state index is 11.4. The third kappa shape index (κ3) is 2.41. The van der Waals surface area contributed by atoms with Gasteiger partial charge in [-0.15, -0.1) is 6.42 Å². The Bertz CT molecular complexity index is 457. The van der Waals surface area contributed by atoms with Crippen molar-refractivity contribution in [2.45, 2.75) is 32.7 Å². The van der Waals surface area contributed by atoms with E-state index in [1.807, 2.05) is 6.92 Å². The van der Waals surface area contributed by atoms with Gasteiger partial charge in [0.2, 0.25) is 0 Å². The van der Waals surface area contributed by atoms with Crippen LogP contribution < -0.4 is 5.73 Å². The number of carbonyl (C=O) groups excluding carboxylic acids is 1. The largest absolute Gasteiger partial charge is 0.464 e. The lowest BCUT2D eigenvalue weighted by molar-refractivity contribution is 0.0595. The standard InChI is InChI=1S/C12H17N3O2/c1-5-7-9(6-2)15-8(3)14-10(11(15)13)12(16)17-4/h2,9H,5,7,13H2,1,3-4H3. The molecule has 0 aliphatic carbocycles. The molecule has 0 amide bonds. The maximum atomic E-state index is 11.4. The van der Waals surface area contributed by atoms with Crippen LogP contribution in [-0.2, 0) is 4.74 Å². The zero-order valence-electron chi connectivity index (χ0n) is 10.4. The second kappa shape index (κ2) is 5.39. The summed E-state index contributed by atoms with van der Waals surface area (Å²) in [7, 11) is 1.29. The molecule has 0 saturated heterocycles. The minimum absolute atomic E-state index is 0.126. The van der Waals surface area contributed by atoms with Crippen LogP contribution in [0.25, 0.3) is 0 Å². The van der Waals surface area contributed by atoms with E-state index in [0.717, 1.165) is 12.8 Å². The fourth-order valence-corrected chi connectivity index (χ4v) is 1.76. The van der Waals surface area contributed by atoms with Crippen LogP contribution in [0.5, 0.6) is 0 Å². The van der Waals surface area contributed by atoms with Crippen molar-refractivity contribution < 1.29 is 9.53 Å². The Kier molecular flexibility index (Phi) is 4.16. The molecule has 1 aromatic heterocycles. The molecular formula is C12H17N3O2. The number of carbonyl (C=O) groups is 1. The van der Waals surface area contributed by atoms with Crippen LogP contribution >= 0.6 is 0 Å². The van der Waals surface area contributed by atoms with Gasteiger partial charge >= 0.3 is 5.97 Å². The van der Waals surface area contributed by atoms with Crippen molar-refractivity contribution in [1.29, 1.82) is 0 Å². The Labute approximate surface area is 101 Å². The van der Waals surface area contributed by atoms with E-state index < -0.39 is 5.97 Å². The number of imidazole rings is 1. The molecule has 0 aliphatic rings. The fraction of sp³-hybridized carbons (Fsp3) is 0.500. The molecule has 1 heterocycles. The Morgan fingerprint density at radius 2 is 2.35 bits per heavy atom. The third-order valence-corrected chi connectivity index (χ3v) is 2.57. The predicted octanol–water partition coefficient (Wildman–Crippen LogP) is 1.53. The summed E-state index contributed by atoms with van der Waals surface area (Å²) in [6, 6.07) is -0.175. The first kappa shape index (κ1) is 13.1. The number of rotatable bonds is 4. The quantitative estimate of drug-likeness (QED) is 0.634. The van der Waals surface area contributed by atoms with Gasteiger partial charge in [-0.1, -0.05) is 19.3 Å². The van der Waals surface area contributed by atoms with E-state index in [1.54, 1.807) is 11.5 Å². The van der Waals surface area contributed by atoms with Gasteiger partial charge in [0.15, 0.2) is 5.69 Å². The number of hydrogen-bond acceptors (Lipinski definition) is 4. The molecule has 0 spiro atoms. The number of nitrogens with two attached hydrogens (primary N) is 1. The van der Waals surface area contributed by atoms with Gasteiger partial charge in [0.1, 0.15) is 11.6 Å². The summed E-state index contributed by atoms with van der Waals surface area (Å²) in [6.07, 6.45) is 7.20. The zero-order valence-corrected chi connectivity index (χ0v) is 10.4. The number of nitrogens with zero attached hydrogens (tertiary/aromatic N) is 2. The number of ether oxygens (including phenoxy) is 1. The van der Waals surface area contributed by atoms with E-state index >= 15 is 0 Å². The molecule has 1 aromatic rings. The Morgan fingerprint density at radius 3 is 2.82 bits per heavy atom. The third-order valence-electron chi connectivity index (χ3n) is 2.57. The highest BCUT2D eigenvalue weighted by atomic mass is 16.5. The number of aryl methyl sites for hydroxylation is 1. The molecule has 92 valence electrons.